The van der Waals surface area contributed by atoms with E-state index in [1.165, 1.54) is 0 Å². The molecule has 0 saturated heterocycles. The van der Waals surface area contributed by atoms with Crippen LogP contribution in [0.4, 0.5) is 0 Å². The second-order valence-electron chi connectivity index (χ2n) is 2.04. The fraction of sp³-hybridized carbons (Fsp3) is 1.00. The maximum atomic E-state index is 8.85. The first-order valence-electron chi connectivity index (χ1n) is 2.98. The van der Waals surface area contributed by atoms with Gasteiger partial charge in [0.05, 0.1) is 12.7 Å². The molecule has 5 nitrogen and oxygen atoms in total. The van der Waals surface area contributed by atoms with Crippen molar-refractivity contribution in [2.45, 2.75) is 18.3 Å². The van der Waals surface area contributed by atoms with E-state index in [1.807, 2.05) is 0 Å². The van der Waals surface area contributed by atoms with Crippen molar-refractivity contribution in [1.82, 2.24) is 0 Å². The lowest BCUT2D eigenvalue weighted by Crippen LogP contribution is -2.43. The summed E-state index contributed by atoms with van der Waals surface area (Å²) in [6.45, 7) is -0.726. The minimum Gasteiger partial charge on any atom is -0.394 e. The van der Waals surface area contributed by atoms with E-state index in [2.05, 4.69) is 0 Å². The van der Waals surface area contributed by atoms with E-state index in [-0.39, 0.29) is 19.0 Å². The SMILES string of the molecule is Cl.NC[C@H](O)[C@H](O)[C@H](O)CO. The first-order valence-corrected chi connectivity index (χ1v) is 2.98. The maximum absolute atomic E-state index is 8.85. The Kier molecular flexibility index (Phi) is 8.42. The average Bonchev–Trinajstić information content (AvgIpc) is 2.00. The van der Waals surface area contributed by atoms with E-state index in [4.69, 9.17) is 26.2 Å². The summed E-state index contributed by atoms with van der Waals surface area (Å²) in [7, 11) is 0. The van der Waals surface area contributed by atoms with Gasteiger partial charge in [-0.3, -0.25) is 0 Å². The van der Waals surface area contributed by atoms with E-state index in [1.54, 1.807) is 0 Å². The minimum absolute atomic E-state index is 0. The third-order valence-corrected chi connectivity index (χ3v) is 1.22. The van der Waals surface area contributed by atoms with Crippen LogP contribution in [0.3, 0.4) is 0 Å². The Hall–Kier alpha value is 0.0900. The molecular weight excluding hydrogens is 174 g/mol. The lowest BCUT2D eigenvalue weighted by atomic mass is 10.1. The van der Waals surface area contributed by atoms with Gasteiger partial charge in [0.1, 0.15) is 12.2 Å². The van der Waals surface area contributed by atoms with Gasteiger partial charge in [0, 0.05) is 6.54 Å². The summed E-state index contributed by atoms with van der Waals surface area (Å²) in [5, 5.41) is 34.6. The van der Waals surface area contributed by atoms with Gasteiger partial charge in [-0.15, -0.1) is 12.4 Å². The highest BCUT2D eigenvalue weighted by atomic mass is 35.5. The quantitative estimate of drug-likeness (QED) is 0.333. The van der Waals surface area contributed by atoms with Gasteiger partial charge < -0.3 is 26.2 Å². The summed E-state index contributed by atoms with van der Waals surface area (Å²) < 4.78 is 0. The minimum atomic E-state index is -1.37. The van der Waals surface area contributed by atoms with Crippen LogP contribution in [0, 0.1) is 0 Å². The van der Waals surface area contributed by atoms with Crippen LogP contribution in [0.5, 0.6) is 0 Å². The van der Waals surface area contributed by atoms with Crippen LogP contribution in [0.2, 0.25) is 0 Å². The van der Waals surface area contributed by atoms with Crippen molar-refractivity contribution in [1.29, 1.82) is 0 Å². The number of aliphatic hydroxyl groups is 4. The molecule has 0 aliphatic heterocycles. The number of rotatable bonds is 4. The lowest BCUT2D eigenvalue weighted by Gasteiger charge is -2.19. The molecule has 0 saturated carbocycles. The molecule has 0 heterocycles. The van der Waals surface area contributed by atoms with Crippen LogP contribution < -0.4 is 5.73 Å². The number of halogens is 1. The van der Waals surface area contributed by atoms with Crippen molar-refractivity contribution in [2.75, 3.05) is 13.2 Å². The summed E-state index contributed by atoms with van der Waals surface area (Å²) >= 11 is 0. The molecule has 0 fully saturated rings. The fourth-order valence-corrected chi connectivity index (χ4v) is 0.504. The third-order valence-electron chi connectivity index (χ3n) is 1.22. The highest BCUT2D eigenvalue weighted by molar-refractivity contribution is 5.85. The Morgan fingerprint density at radius 3 is 1.82 bits per heavy atom. The van der Waals surface area contributed by atoms with E-state index in [9.17, 15) is 0 Å². The second kappa shape index (κ2) is 6.78. The molecule has 0 amide bonds. The predicted octanol–water partition coefficient (Wildman–Crippen LogP) is -2.56. The van der Waals surface area contributed by atoms with Crippen LogP contribution >= 0.6 is 12.4 Å². The van der Waals surface area contributed by atoms with Gasteiger partial charge in [-0.2, -0.15) is 0 Å². The van der Waals surface area contributed by atoms with Crippen LogP contribution in [0.1, 0.15) is 0 Å². The molecule has 0 radical (unpaired) electrons. The zero-order valence-electron chi connectivity index (χ0n) is 5.92. The van der Waals surface area contributed by atoms with Gasteiger partial charge in [-0.25, -0.2) is 0 Å². The number of hydrogen-bond acceptors (Lipinski definition) is 5. The third kappa shape index (κ3) is 4.52. The van der Waals surface area contributed by atoms with Crippen molar-refractivity contribution in [2.24, 2.45) is 5.73 Å². The smallest absolute Gasteiger partial charge is 0.109 e. The van der Waals surface area contributed by atoms with Gasteiger partial charge in [0.2, 0.25) is 0 Å². The van der Waals surface area contributed by atoms with E-state index in [0.717, 1.165) is 0 Å². The average molecular weight is 188 g/mol. The molecule has 0 rings (SSSR count). The maximum Gasteiger partial charge on any atom is 0.109 e. The fourth-order valence-electron chi connectivity index (χ4n) is 0.504. The summed E-state index contributed by atoms with van der Waals surface area (Å²) in [4.78, 5) is 0. The first-order chi connectivity index (χ1) is 4.63. The Bertz CT molecular complexity index is 84.6. The highest BCUT2D eigenvalue weighted by Crippen LogP contribution is 1.97. The molecule has 0 aliphatic rings. The molecule has 0 aromatic carbocycles. The molecule has 0 bridgehead atoms. The number of nitrogens with two attached hydrogens (primary N) is 1. The van der Waals surface area contributed by atoms with Gasteiger partial charge >= 0.3 is 0 Å². The van der Waals surface area contributed by atoms with E-state index >= 15 is 0 Å². The molecule has 11 heavy (non-hydrogen) atoms. The summed E-state index contributed by atoms with van der Waals surface area (Å²) in [5.74, 6) is 0. The predicted molar refractivity (Wildman–Crippen MR) is 41.4 cm³/mol. The van der Waals surface area contributed by atoms with Gasteiger partial charge in [0.25, 0.3) is 0 Å². The highest BCUT2D eigenvalue weighted by Gasteiger charge is 2.22. The van der Waals surface area contributed by atoms with Crippen LogP contribution in [-0.4, -0.2) is 51.9 Å². The lowest BCUT2D eigenvalue weighted by molar-refractivity contribution is -0.0727. The molecule has 0 aliphatic carbocycles. The van der Waals surface area contributed by atoms with Gasteiger partial charge in [0.15, 0.2) is 0 Å². The zero-order valence-corrected chi connectivity index (χ0v) is 6.74. The van der Waals surface area contributed by atoms with Crippen LogP contribution in [-0.2, 0) is 0 Å². The molecule has 0 spiro atoms. The van der Waals surface area contributed by atoms with Crippen molar-refractivity contribution < 1.29 is 20.4 Å². The molecule has 0 unspecified atom stereocenters. The summed E-state index contributed by atoms with van der Waals surface area (Å²) in [6.07, 6.45) is -3.87. The molecule has 70 valence electrons. The van der Waals surface area contributed by atoms with Gasteiger partial charge in [-0.1, -0.05) is 0 Å². The van der Waals surface area contributed by atoms with E-state index < -0.39 is 24.9 Å². The molecule has 0 aromatic heterocycles. The van der Waals surface area contributed by atoms with Crippen molar-refractivity contribution in [3.05, 3.63) is 0 Å². The molecule has 6 heteroatoms. The van der Waals surface area contributed by atoms with Crippen LogP contribution in [0.25, 0.3) is 0 Å². The first kappa shape index (κ1) is 13.7. The largest absolute Gasteiger partial charge is 0.394 e. The normalized spacial score (nSPS) is 18.3. The Labute approximate surface area is 70.9 Å². The number of aliphatic hydroxyl groups excluding tert-OH is 4. The summed E-state index contributed by atoms with van der Waals surface area (Å²) in [5.41, 5.74) is 4.96. The standard InChI is InChI=1S/C5H13NO4.ClH/c6-1-3(8)5(10)4(9)2-7;/h3-5,7-10H,1-2,6H2;1H/t3-,4+,5-;/m0./s1. The Morgan fingerprint density at radius 2 is 1.55 bits per heavy atom. The van der Waals surface area contributed by atoms with Crippen molar-refractivity contribution in [3.8, 4) is 0 Å². The van der Waals surface area contributed by atoms with Crippen molar-refractivity contribution in [3.63, 3.8) is 0 Å². The monoisotopic (exact) mass is 187 g/mol. The van der Waals surface area contributed by atoms with Crippen molar-refractivity contribution >= 4 is 12.4 Å². The van der Waals surface area contributed by atoms with Crippen LogP contribution in [0.15, 0.2) is 0 Å². The number of hydrogen-bond donors (Lipinski definition) is 5. The topological polar surface area (TPSA) is 107 Å². The van der Waals surface area contributed by atoms with Gasteiger partial charge in [-0.05, 0) is 0 Å². The Morgan fingerprint density at radius 1 is 1.09 bits per heavy atom. The molecule has 0 aromatic rings. The molecule has 6 N–H and O–H groups in total. The Balaban J connectivity index is 0. The summed E-state index contributed by atoms with van der Waals surface area (Å²) in [6, 6.07) is 0. The molecule has 3 atom stereocenters. The second-order valence-corrected chi connectivity index (χ2v) is 2.04. The molecular formula is C5H14ClNO4. The zero-order chi connectivity index (χ0) is 8.15. The van der Waals surface area contributed by atoms with E-state index in [0.29, 0.717) is 0 Å².